The molecule has 0 spiro atoms. The maximum Gasteiger partial charge on any atom is 0.265 e. The number of thiazole rings is 1. The van der Waals surface area contributed by atoms with Gasteiger partial charge in [0.1, 0.15) is 15.3 Å². The molecule has 0 saturated heterocycles. The van der Waals surface area contributed by atoms with Crippen LogP contribution in [0.15, 0.2) is 14.6 Å². The van der Waals surface area contributed by atoms with Gasteiger partial charge in [0.15, 0.2) is 0 Å². The molecule has 4 nitrogen and oxygen atoms in total. The Hall–Kier alpha value is -1.01. The van der Waals surface area contributed by atoms with E-state index in [1.807, 2.05) is 12.3 Å². The second-order valence-corrected chi connectivity index (χ2v) is 6.67. The average molecular weight is 342 g/mol. The first-order chi connectivity index (χ1) is 8.95. The van der Waals surface area contributed by atoms with Gasteiger partial charge < -0.3 is 4.98 Å². The molecule has 0 aliphatic rings. The van der Waals surface area contributed by atoms with Gasteiger partial charge in [0.05, 0.1) is 12.1 Å². The molecule has 0 radical (unpaired) electrons. The minimum absolute atomic E-state index is 0.117. The first kappa shape index (κ1) is 14.4. The molecule has 2 aromatic rings. The third kappa shape index (κ3) is 3.73. The molecule has 102 valence electrons. The number of hydrogen-bond donors (Lipinski definition) is 1. The highest BCUT2D eigenvalue weighted by molar-refractivity contribution is 9.10. The number of aromatic amines is 1. The average Bonchev–Trinajstić information content (AvgIpc) is 2.70. The summed E-state index contributed by atoms with van der Waals surface area (Å²) in [4.78, 5) is 23.6. The van der Waals surface area contributed by atoms with E-state index in [0.29, 0.717) is 22.6 Å². The normalized spacial score (nSPS) is 11.2. The van der Waals surface area contributed by atoms with E-state index in [2.05, 4.69) is 44.7 Å². The van der Waals surface area contributed by atoms with Crippen molar-refractivity contribution in [2.24, 2.45) is 5.92 Å². The summed E-state index contributed by atoms with van der Waals surface area (Å²) in [6, 6.07) is 0. The van der Waals surface area contributed by atoms with Gasteiger partial charge in [0.2, 0.25) is 0 Å². The fraction of sp³-hybridized carbons (Fsp3) is 0.462. The summed E-state index contributed by atoms with van der Waals surface area (Å²) in [7, 11) is 0. The van der Waals surface area contributed by atoms with Gasteiger partial charge >= 0.3 is 0 Å². The third-order valence-corrected chi connectivity index (χ3v) is 4.35. The minimum Gasteiger partial charge on any atom is -0.309 e. The Balaban J connectivity index is 2.31. The topological polar surface area (TPSA) is 58.6 Å². The van der Waals surface area contributed by atoms with Crippen LogP contribution in [0.5, 0.6) is 0 Å². The first-order valence-electron chi connectivity index (χ1n) is 6.14. The van der Waals surface area contributed by atoms with Gasteiger partial charge in [-0.05, 0) is 35.2 Å². The van der Waals surface area contributed by atoms with Gasteiger partial charge in [0.25, 0.3) is 5.56 Å². The Morgan fingerprint density at radius 1 is 1.42 bits per heavy atom. The van der Waals surface area contributed by atoms with E-state index in [-0.39, 0.29) is 5.56 Å². The van der Waals surface area contributed by atoms with Crippen molar-refractivity contribution in [3.05, 3.63) is 42.4 Å². The predicted octanol–water partition coefficient (Wildman–Crippen LogP) is 3.09. The number of rotatable bonds is 4. The lowest BCUT2D eigenvalue weighted by molar-refractivity contribution is 0.627. The van der Waals surface area contributed by atoms with Crippen molar-refractivity contribution in [3.63, 3.8) is 0 Å². The summed E-state index contributed by atoms with van der Waals surface area (Å²) in [5.74, 6) is 1.14. The van der Waals surface area contributed by atoms with Crippen LogP contribution in [0.2, 0.25) is 0 Å². The Labute approximate surface area is 124 Å². The zero-order chi connectivity index (χ0) is 14.0. The van der Waals surface area contributed by atoms with E-state index < -0.39 is 0 Å². The summed E-state index contributed by atoms with van der Waals surface area (Å²) < 4.78 is 0.542. The van der Waals surface area contributed by atoms with Gasteiger partial charge in [-0.2, -0.15) is 0 Å². The fourth-order valence-corrected chi connectivity index (χ4v) is 2.92. The highest BCUT2D eigenvalue weighted by Gasteiger charge is 2.12. The number of nitrogens with zero attached hydrogens (tertiary/aromatic N) is 2. The number of aryl methyl sites for hydroxylation is 1. The summed E-state index contributed by atoms with van der Waals surface area (Å²) in [6.45, 7) is 6.18. The predicted molar refractivity (Wildman–Crippen MR) is 80.8 cm³/mol. The second kappa shape index (κ2) is 5.96. The van der Waals surface area contributed by atoms with Gasteiger partial charge in [-0.1, -0.05) is 13.8 Å². The standard InChI is InChI=1S/C13H16BrN3OS/c1-7(2)4-9-12(14)13(18)17-10(16-9)5-11-15-8(3)6-19-11/h6-7H,4-5H2,1-3H3,(H,16,17,18). The van der Waals surface area contributed by atoms with Gasteiger partial charge in [0, 0.05) is 11.1 Å². The van der Waals surface area contributed by atoms with Crippen molar-refractivity contribution in [3.8, 4) is 0 Å². The maximum atomic E-state index is 11.9. The van der Waals surface area contributed by atoms with E-state index >= 15 is 0 Å². The molecule has 0 bridgehead atoms. The highest BCUT2D eigenvalue weighted by Crippen LogP contribution is 2.16. The Morgan fingerprint density at radius 3 is 2.74 bits per heavy atom. The summed E-state index contributed by atoms with van der Waals surface area (Å²) >= 11 is 4.90. The first-order valence-corrected chi connectivity index (χ1v) is 7.81. The zero-order valence-electron chi connectivity index (χ0n) is 11.2. The molecule has 0 fully saturated rings. The maximum absolute atomic E-state index is 11.9. The van der Waals surface area contributed by atoms with Crippen LogP contribution >= 0.6 is 27.3 Å². The lowest BCUT2D eigenvalue weighted by atomic mass is 10.1. The molecule has 0 atom stereocenters. The fourth-order valence-electron chi connectivity index (χ4n) is 1.79. The molecular formula is C13H16BrN3OS. The van der Waals surface area contributed by atoms with E-state index in [1.165, 1.54) is 0 Å². The largest absolute Gasteiger partial charge is 0.309 e. The quantitative estimate of drug-likeness (QED) is 0.929. The SMILES string of the molecule is Cc1csc(Cc2nc(CC(C)C)c(Br)c(=O)[nH]2)n1. The van der Waals surface area contributed by atoms with Crippen LogP contribution in [0.25, 0.3) is 0 Å². The lowest BCUT2D eigenvalue weighted by Crippen LogP contribution is -2.17. The molecule has 19 heavy (non-hydrogen) atoms. The monoisotopic (exact) mass is 341 g/mol. The smallest absolute Gasteiger partial charge is 0.265 e. The van der Waals surface area contributed by atoms with Crippen LogP contribution in [0.1, 0.15) is 36.1 Å². The second-order valence-electron chi connectivity index (χ2n) is 4.93. The molecule has 0 saturated carbocycles. The molecule has 6 heteroatoms. The molecule has 0 aliphatic carbocycles. The van der Waals surface area contributed by atoms with Crippen LogP contribution in [-0.4, -0.2) is 15.0 Å². The highest BCUT2D eigenvalue weighted by atomic mass is 79.9. The molecular weight excluding hydrogens is 326 g/mol. The van der Waals surface area contributed by atoms with E-state index in [0.717, 1.165) is 22.8 Å². The van der Waals surface area contributed by atoms with E-state index in [1.54, 1.807) is 11.3 Å². The van der Waals surface area contributed by atoms with Gasteiger partial charge in [-0.3, -0.25) is 4.79 Å². The molecule has 0 aromatic carbocycles. The Morgan fingerprint density at radius 2 is 2.16 bits per heavy atom. The number of H-pyrrole nitrogens is 1. The van der Waals surface area contributed by atoms with E-state index in [4.69, 9.17) is 0 Å². The van der Waals surface area contributed by atoms with Crippen LogP contribution in [0.4, 0.5) is 0 Å². The van der Waals surface area contributed by atoms with Crippen molar-refractivity contribution in [2.75, 3.05) is 0 Å². The van der Waals surface area contributed by atoms with Crippen molar-refractivity contribution >= 4 is 27.3 Å². The summed E-state index contributed by atoms with van der Waals surface area (Å²) in [5, 5.41) is 2.97. The van der Waals surface area contributed by atoms with Crippen LogP contribution in [0, 0.1) is 12.8 Å². The number of nitrogens with one attached hydrogen (secondary N) is 1. The Bertz CT molecular complexity index is 633. The summed E-state index contributed by atoms with van der Waals surface area (Å²) in [5.41, 5.74) is 1.71. The molecule has 2 rings (SSSR count). The molecule has 0 amide bonds. The zero-order valence-corrected chi connectivity index (χ0v) is 13.6. The minimum atomic E-state index is -0.117. The van der Waals surface area contributed by atoms with Crippen molar-refractivity contribution < 1.29 is 0 Å². The molecule has 0 aliphatic heterocycles. The van der Waals surface area contributed by atoms with Crippen molar-refractivity contribution in [1.82, 2.24) is 15.0 Å². The van der Waals surface area contributed by atoms with Gasteiger partial charge in [-0.25, -0.2) is 9.97 Å². The molecule has 0 unspecified atom stereocenters. The molecule has 1 N–H and O–H groups in total. The van der Waals surface area contributed by atoms with E-state index in [9.17, 15) is 4.79 Å². The molecule has 2 heterocycles. The van der Waals surface area contributed by atoms with Crippen LogP contribution < -0.4 is 5.56 Å². The van der Waals surface area contributed by atoms with Crippen molar-refractivity contribution in [1.29, 1.82) is 0 Å². The number of hydrogen-bond acceptors (Lipinski definition) is 4. The van der Waals surface area contributed by atoms with Crippen LogP contribution in [-0.2, 0) is 12.8 Å². The lowest BCUT2D eigenvalue weighted by Gasteiger charge is -2.08. The van der Waals surface area contributed by atoms with Crippen LogP contribution in [0.3, 0.4) is 0 Å². The third-order valence-electron chi connectivity index (χ3n) is 2.57. The summed E-state index contributed by atoms with van der Waals surface area (Å²) in [6.07, 6.45) is 1.36. The Kier molecular flexibility index (Phi) is 4.52. The van der Waals surface area contributed by atoms with Gasteiger partial charge in [-0.15, -0.1) is 11.3 Å². The number of halogens is 1. The van der Waals surface area contributed by atoms with Crippen molar-refractivity contribution in [2.45, 2.75) is 33.6 Å². The number of aromatic nitrogens is 3. The molecule has 2 aromatic heterocycles.